The molecule has 0 atom stereocenters. The fourth-order valence-corrected chi connectivity index (χ4v) is 1.42. The van der Waals surface area contributed by atoms with Gasteiger partial charge in [0.05, 0.1) is 12.7 Å². The summed E-state index contributed by atoms with van der Waals surface area (Å²) in [5, 5.41) is 0. The van der Waals surface area contributed by atoms with Crippen molar-refractivity contribution >= 4 is 10.4 Å². The molecule has 74 valence electrons. The van der Waals surface area contributed by atoms with E-state index in [2.05, 4.69) is 8.37 Å². The maximum atomic E-state index is 10.9. The quantitative estimate of drug-likeness (QED) is 0.604. The summed E-state index contributed by atoms with van der Waals surface area (Å²) in [5.41, 5.74) is 0. The summed E-state index contributed by atoms with van der Waals surface area (Å²) in [5.74, 6) is 0. The molecule has 0 aliphatic heterocycles. The van der Waals surface area contributed by atoms with Crippen LogP contribution in [0, 0.1) is 0 Å². The van der Waals surface area contributed by atoms with Crippen LogP contribution in [0.1, 0.15) is 33.6 Å². The Bertz CT molecular complexity index is 195. The van der Waals surface area contributed by atoms with Gasteiger partial charge in [-0.05, 0) is 20.3 Å². The molecule has 0 heterocycles. The van der Waals surface area contributed by atoms with E-state index in [1.807, 2.05) is 6.92 Å². The van der Waals surface area contributed by atoms with Crippen molar-refractivity contribution in [3.63, 3.8) is 0 Å². The second-order valence-electron chi connectivity index (χ2n) is 2.73. The number of hydrogen-bond donors (Lipinski definition) is 0. The normalized spacial score (nSPS) is 12.3. The van der Waals surface area contributed by atoms with E-state index >= 15 is 0 Å². The summed E-state index contributed by atoms with van der Waals surface area (Å²) in [4.78, 5) is 0. The molecule has 0 saturated carbocycles. The Morgan fingerprint density at radius 3 is 2.33 bits per heavy atom. The van der Waals surface area contributed by atoms with Crippen LogP contribution < -0.4 is 0 Å². The Balaban J connectivity index is 3.73. The Morgan fingerprint density at radius 2 is 1.92 bits per heavy atom. The minimum atomic E-state index is -3.75. The van der Waals surface area contributed by atoms with E-state index in [0.717, 1.165) is 12.8 Å². The van der Waals surface area contributed by atoms with Gasteiger partial charge in [-0.2, -0.15) is 8.42 Å². The summed E-state index contributed by atoms with van der Waals surface area (Å²) in [6, 6.07) is 0. The summed E-state index contributed by atoms with van der Waals surface area (Å²) < 4.78 is 30.8. The highest BCUT2D eigenvalue weighted by molar-refractivity contribution is 7.81. The summed E-state index contributed by atoms with van der Waals surface area (Å²) in [7, 11) is -3.75. The van der Waals surface area contributed by atoms with Gasteiger partial charge in [0.2, 0.25) is 0 Å². The molecule has 5 heteroatoms. The van der Waals surface area contributed by atoms with Gasteiger partial charge in [0, 0.05) is 0 Å². The van der Waals surface area contributed by atoms with E-state index in [0.29, 0.717) is 0 Å². The van der Waals surface area contributed by atoms with E-state index < -0.39 is 10.4 Å². The third-order valence-electron chi connectivity index (χ3n) is 1.04. The SMILES string of the molecule is CCCCOS(=O)(=O)OC(C)C. The molecular formula is C7H16O4S. The van der Waals surface area contributed by atoms with Crippen molar-refractivity contribution in [2.75, 3.05) is 6.61 Å². The highest BCUT2D eigenvalue weighted by Crippen LogP contribution is 2.02. The van der Waals surface area contributed by atoms with Crippen LogP contribution in [0.15, 0.2) is 0 Å². The van der Waals surface area contributed by atoms with Crippen LogP contribution in [-0.2, 0) is 18.8 Å². The Labute approximate surface area is 74.2 Å². The summed E-state index contributed by atoms with van der Waals surface area (Å²) in [6.45, 7) is 5.44. The number of rotatable bonds is 6. The first-order valence-corrected chi connectivity index (χ1v) is 5.39. The van der Waals surface area contributed by atoms with Crippen molar-refractivity contribution < 1.29 is 16.8 Å². The molecule has 0 aromatic carbocycles. The van der Waals surface area contributed by atoms with Gasteiger partial charge in [0.15, 0.2) is 0 Å². The lowest BCUT2D eigenvalue weighted by Gasteiger charge is -2.07. The largest absolute Gasteiger partial charge is 0.400 e. The highest BCUT2D eigenvalue weighted by Gasteiger charge is 2.13. The molecule has 4 nitrogen and oxygen atoms in total. The lowest BCUT2D eigenvalue weighted by atomic mass is 10.4. The first-order chi connectivity index (χ1) is 5.48. The van der Waals surface area contributed by atoms with Crippen LogP contribution in [0.2, 0.25) is 0 Å². The lowest BCUT2D eigenvalue weighted by molar-refractivity contribution is 0.177. The van der Waals surface area contributed by atoms with Crippen LogP contribution in [0.25, 0.3) is 0 Å². The van der Waals surface area contributed by atoms with E-state index in [1.54, 1.807) is 13.8 Å². The van der Waals surface area contributed by atoms with Crippen LogP contribution in [0.4, 0.5) is 0 Å². The molecule has 0 saturated heterocycles. The fraction of sp³-hybridized carbons (Fsp3) is 1.00. The van der Waals surface area contributed by atoms with Crippen LogP contribution in [0.5, 0.6) is 0 Å². The van der Waals surface area contributed by atoms with Crippen LogP contribution in [0.3, 0.4) is 0 Å². The molecule has 0 radical (unpaired) electrons. The van der Waals surface area contributed by atoms with Gasteiger partial charge in [-0.15, -0.1) is 0 Å². The molecule has 0 aliphatic carbocycles. The Kier molecular flexibility index (Phi) is 5.44. The zero-order chi connectivity index (χ0) is 9.61. The molecule has 0 rings (SSSR count). The van der Waals surface area contributed by atoms with Gasteiger partial charge in [-0.3, -0.25) is 0 Å². The molecule has 0 aliphatic rings. The molecule has 0 aromatic heterocycles. The highest BCUT2D eigenvalue weighted by atomic mass is 32.3. The van der Waals surface area contributed by atoms with Gasteiger partial charge in [-0.25, -0.2) is 8.37 Å². The van der Waals surface area contributed by atoms with E-state index in [4.69, 9.17) is 0 Å². The second kappa shape index (κ2) is 5.50. The fourth-order valence-electron chi connectivity index (χ4n) is 0.569. The third kappa shape index (κ3) is 6.57. The summed E-state index contributed by atoms with van der Waals surface area (Å²) >= 11 is 0. The minimum absolute atomic E-state index is 0.200. The predicted molar refractivity (Wildman–Crippen MR) is 46.0 cm³/mol. The standard InChI is InChI=1S/C7H16O4S/c1-4-5-6-10-12(8,9)11-7(2)3/h7H,4-6H2,1-3H3. The molecule has 0 spiro atoms. The van der Waals surface area contributed by atoms with Crippen molar-refractivity contribution in [2.45, 2.75) is 39.7 Å². The van der Waals surface area contributed by atoms with Crippen LogP contribution in [-0.4, -0.2) is 21.1 Å². The monoisotopic (exact) mass is 196 g/mol. The van der Waals surface area contributed by atoms with Gasteiger partial charge < -0.3 is 0 Å². The summed E-state index contributed by atoms with van der Waals surface area (Å²) in [6.07, 6.45) is 1.26. The molecule has 0 bridgehead atoms. The first-order valence-electron chi connectivity index (χ1n) is 4.05. The van der Waals surface area contributed by atoms with Gasteiger partial charge in [0.1, 0.15) is 0 Å². The van der Waals surface area contributed by atoms with Crippen molar-refractivity contribution in [1.29, 1.82) is 0 Å². The van der Waals surface area contributed by atoms with E-state index in [1.165, 1.54) is 0 Å². The zero-order valence-corrected chi connectivity index (χ0v) is 8.56. The van der Waals surface area contributed by atoms with E-state index in [9.17, 15) is 8.42 Å². The van der Waals surface area contributed by atoms with E-state index in [-0.39, 0.29) is 12.7 Å². The average molecular weight is 196 g/mol. The predicted octanol–water partition coefficient (Wildman–Crippen LogP) is 1.47. The maximum absolute atomic E-state index is 10.9. The molecule has 0 unspecified atom stereocenters. The Morgan fingerprint density at radius 1 is 1.33 bits per heavy atom. The maximum Gasteiger partial charge on any atom is 0.400 e. The number of hydrogen-bond acceptors (Lipinski definition) is 4. The number of unbranched alkanes of at least 4 members (excludes halogenated alkanes) is 1. The van der Waals surface area contributed by atoms with Crippen molar-refractivity contribution in [3.05, 3.63) is 0 Å². The average Bonchev–Trinajstić information content (AvgIpc) is 1.84. The smallest absolute Gasteiger partial charge is 0.248 e. The van der Waals surface area contributed by atoms with Gasteiger partial charge >= 0.3 is 10.4 Å². The zero-order valence-electron chi connectivity index (χ0n) is 7.74. The molecule has 12 heavy (non-hydrogen) atoms. The first kappa shape index (κ1) is 11.9. The van der Waals surface area contributed by atoms with Gasteiger partial charge in [0.25, 0.3) is 0 Å². The van der Waals surface area contributed by atoms with Crippen molar-refractivity contribution in [3.8, 4) is 0 Å². The molecule has 0 fully saturated rings. The lowest BCUT2D eigenvalue weighted by Crippen LogP contribution is -2.15. The molecule has 0 aromatic rings. The molecule has 0 N–H and O–H groups in total. The molecule has 0 amide bonds. The van der Waals surface area contributed by atoms with Crippen LogP contribution >= 0.6 is 0 Å². The van der Waals surface area contributed by atoms with Crippen molar-refractivity contribution in [1.82, 2.24) is 0 Å². The Hall–Kier alpha value is -0.130. The molecular weight excluding hydrogens is 180 g/mol. The minimum Gasteiger partial charge on any atom is -0.248 e. The van der Waals surface area contributed by atoms with Crippen molar-refractivity contribution in [2.24, 2.45) is 0 Å². The van der Waals surface area contributed by atoms with Gasteiger partial charge in [-0.1, -0.05) is 13.3 Å². The third-order valence-corrected chi connectivity index (χ3v) is 2.11. The second-order valence-corrected chi connectivity index (χ2v) is 3.97. The topological polar surface area (TPSA) is 52.6 Å².